The summed E-state index contributed by atoms with van der Waals surface area (Å²) >= 11 is 7.76. The van der Waals surface area contributed by atoms with Crippen LogP contribution in [0.4, 0.5) is 5.69 Å². The molecule has 0 radical (unpaired) electrons. The zero-order valence-corrected chi connectivity index (χ0v) is 19.5. The molecule has 0 spiro atoms. The van der Waals surface area contributed by atoms with Crippen LogP contribution < -0.4 is 15.0 Å². The SMILES string of the molecule is CCCNCCN1C(=O)[C@H](OC(C)=O)[C@H](c2ccc(OC)cc2)Sc2cc(Cl)ccc21. The molecule has 6 nitrogen and oxygen atoms in total. The summed E-state index contributed by atoms with van der Waals surface area (Å²) in [6.45, 7) is 5.37. The largest absolute Gasteiger partial charge is 0.497 e. The Bertz CT molecular complexity index is 922. The van der Waals surface area contributed by atoms with E-state index in [1.54, 1.807) is 18.1 Å². The van der Waals surface area contributed by atoms with Crippen LogP contribution in [-0.4, -0.2) is 44.7 Å². The first kappa shape index (κ1) is 23.4. The van der Waals surface area contributed by atoms with E-state index in [0.717, 1.165) is 29.1 Å². The maximum absolute atomic E-state index is 13.6. The predicted molar refractivity (Wildman–Crippen MR) is 124 cm³/mol. The number of ether oxygens (including phenoxy) is 2. The van der Waals surface area contributed by atoms with E-state index in [-0.39, 0.29) is 5.91 Å². The quantitative estimate of drug-likeness (QED) is 0.461. The van der Waals surface area contributed by atoms with Crippen molar-refractivity contribution >= 4 is 40.9 Å². The van der Waals surface area contributed by atoms with Gasteiger partial charge in [0.1, 0.15) is 5.75 Å². The summed E-state index contributed by atoms with van der Waals surface area (Å²) in [4.78, 5) is 28.1. The van der Waals surface area contributed by atoms with Crippen LogP contribution in [-0.2, 0) is 14.3 Å². The summed E-state index contributed by atoms with van der Waals surface area (Å²) in [7, 11) is 1.60. The second-order valence-corrected chi connectivity index (χ2v) is 8.81. The minimum absolute atomic E-state index is 0.247. The second kappa shape index (κ2) is 10.9. The van der Waals surface area contributed by atoms with Gasteiger partial charge in [-0.25, -0.2) is 0 Å². The molecular weight excluding hydrogens is 436 g/mol. The minimum Gasteiger partial charge on any atom is -0.497 e. The summed E-state index contributed by atoms with van der Waals surface area (Å²) in [5.74, 6) is -0.0294. The highest BCUT2D eigenvalue weighted by atomic mass is 35.5. The summed E-state index contributed by atoms with van der Waals surface area (Å²) in [5.41, 5.74) is 1.63. The lowest BCUT2D eigenvalue weighted by atomic mass is 10.1. The third-order valence-corrected chi connectivity index (χ3v) is 6.52. The van der Waals surface area contributed by atoms with Crippen LogP contribution in [0.2, 0.25) is 5.02 Å². The smallest absolute Gasteiger partial charge is 0.303 e. The van der Waals surface area contributed by atoms with Gasteiger partial charge in [0.05, 0.1) is 18.0 Å². The number of carbonyl (C=O) groups is 2. The van der Waals surface area contributed by atoms with Crippen molar-refractivity contribution in [2.45, 2.75) is 36.5 Å². The number of amides is 1. The van der Waals surface area contributed by atoms with Crippen molar-refractivity contribution in [3.05, 3.63) is 53.1 Å². The van der Waals surface area contributed by atoms with Crippen molar-refractivity contribution in [3.8, 4) is 5.75 Å². The third kappa shape index (κ3) is 5.73. The molecule has 1 N–H and O–H groups in total. The first-order valence-corrected chi connectivity index (χ1v) is 11.5. The van der Waals surface area contributed by atoms with Gasteiger partial charge in [-0.05, 0) is 48.9 Å². The summed E-state index contributed by atoms with van der Waals surface area (Å²) in [5, 5.41) is 3.49. The Morgan fingerprint density at radius 1 is 1.19 bits per heavy atom. The van der Waals surface area contributed by atoms with Gasteiger partial charge in [-0.3, -0.25) is 9.59 Å². The fourth-order valence-corrected chi connectivity index (χ4v) is 5.05. The molecule has 0 aromatic heterocycles. The van der Waals surface area contributed by atoms with Gasteiger partial charge in [-0.15, -0.1) is 11.8 Å². The number of nitrogens with one attached hydrogen (secondary N) is 1. The van der Waals surface area contributed by atoms with Crippen LogP contribution in [0.25, 0.3) is 0 Å². The molecule has 0 saturated heterocycles. The number of thioether (sulfide) groups is 1. The van der Waals surface area contributed by atoms with E-state index < -0.39 is 17.3 Å². The van der Waals surface area contributed by atoms with Crippen LogP contribution in [0.1, 0.15) is 31.1 Å². The lowest BCUT2D eigenvalue weighted by Gasteiger charge is -2.27. The number of esters is 1. The van der Waals surface area contributed by atoms with Gasteiger partial charge < -0.3 is 19.7 Å². The highest BCUT2D eigenvalue weighted by molar-refractivity contribution is 7.99. The molecule has 1 aliphatic rings. The molecule has 2 aromatic carbocycles. The molecule has 1 aliphatic heterocycles. The van der Waals surface area contributed by atoms with Gasteiger partial charge in [0, 0.05) is 29.9 Å². The van der Waals surface area contributed by atoms with Gasteiger partial charge in [0.25, 0.3) is 5.91 Å². The summed E-state index contributed by atoms with van der Waals surface area (Å²) in [6, 6.07) is 12.9. The number of hydrogen-bond donors (Lipinski definition) is 1. The van der Waals surface area contributed by atoms with Crippen molar-refractivity contribution < 1.29 is 19.1 Å². The number of rotatable bonds is 8. The molecule has 2 aromatic rings. The summed E-state index contributed by atoms with van der Waals surface area (Å²) in [6.07, 6.45) is 0.0410. The third-order valence-electron chi connectivity index (χ3n) is 4.93. The molecule has 0 bridgehead atoms. The number of hydrogen-bond acceptors (Lipinski definition) is 6. The average molecular weight is 463 g/mol. The molecule has 31 heavy (non-hydrogen) atoms. The highest BCUT2D eigenvalue weighted by Crippen LogP contribution is 2.47. The molecular formula is C23H27ClN2O4S. The Balaban J connectivity index is 2.03. The number of methoxy groups -OCH3 is 1. The van der Waals surface area contributed by atoms with Crippen LogP contribution >= 0.6 is 23.4 Å². The zero-order chi connectivity index (χ0) is 22.4. The molecule has 166 valence electrons. The molecule has 0 unspecified atom stereocenters. The van der Waals surface area contributed by atoms with Gasteiger partial charge in [0.2, 0.25) is 0 Å². The molecule has 3 rings (SSSR count). The zero-order valence-electron chi connectivity index (χ0n) is 17.9. The van der Waals surface area contributed by atoms with Crippen molar-refractivity contribution in [1.82, 2.24) is 5.32 Å². The Morgan fingerprint density at radius 3 is 2.58 bits per heavy atom. The van der Waals surface area contributed by atoms with Crippen molar-refractivity contribution in [1.29, 1.82) is 0 Å². The lowest BCUT2D eigenvalue weighted by molar-refractivity contribution is -0.152. The van der Waals surface area contributed by atoms with Crippen molar-refractivity contribution in [2.24, 2.45) is 0 Å². The Morgan fingerprint density at radius 2 is 1.94 bits per heavy atom. The number of anilines is 1. The van der Waals surface area contributed by atoms with E-state index in [0.29, 0.717) is 23.9 Å². The lowest BCUT2D eigenvalue weighted by Crippen LogP contribution is -2.45. The van der Waals surface area contributed by atoms with Crippen molar-refractivity contribution in [2.75, 3.05) is 31.6 Å². The van der Waals surface area contributed by atoms with Crippen LogP contribution in [0.15, 0.2) is 47.4 Å². The predicted octanol–water partition coefficient (Wildman–Crippen LogP) is 4.46. The number of nitrogens with zero attached hydrogens (tertiary/aromatic N) is 1. The standard InChI is InChI=1S/C23H27ClN2O4S/c1-4-11-25-12-13-26-19-10-7-17(24)14-20(19)31-22(21(23(26)28)30-15(2)27)16-5-8-18(29-3)9-6-16/h5-10,14,21-22,25H,4,11-13H2,1-3H3/t21-,22+/m1/s1. The number of fused-ring (bicyclic) bond motifs is 1. The van der Waals surface area contributed by atoms with E-state index in [4.69, 9.17) is 21.1 Å². The fraction of sp³-hybridized carbons (Fsp3) is 0.391. The van der Waals surface area contributed by atoms with E-state index in [2.05, 4.69) is 12.2 Å². The van der Waals surface area contributed by atoms with Crippen molar-refractivity contribution in [3.63, 3.8) is 0 Å². The van der Waals surface area contributed by atoms with E-state index >= 15 is 0 Å². The maximum atomic E-state index is 13.6. The highest BCUT2D eigenvalue weighted by Gasteiger charge is 2.40. The second-order valence-electron chi connectivity index (χ2n) is 7.19. The molecule has 2 atom stereocenters. The van der Waals surface area contributed by atoms with Gasteiger partial charge in [0.15, 0.2) is 6.10 Å². The Hall–Kier alpha value is -2.22. The van der Waals surface area contributed by atoms with Gasteiger partial charge in [-0.1, -0.05) is 30.7 Å². The van der Waals surface area contributed by atoms with E-state index in [1.165, 1.54) is 18.7 Å². The molecule has 1 amide bonds. The van der Waals surface area contributed by atoms with E-state index in [9.17, 15) is 9.59 Å². The first-order valence-electron chi connectivity index (χ1n) is 10.2. The Labute approximate surface area is 192 Å². The number of carbonyl (C=O) groups excluding carboxylic acids is 2. The maximum Gasteiger partial charge on any atom is 0.303 e. The van der Waals surface area contributed by atoms with Crippen LogP contribution in [0, 0.1) is 0 Å². The monoisotopic (exact) mass is 462 g/mol. The molecule has 0 saturated carbocycles. The van der Waals surface area contributed by atoms with Gasteiger partial charge in [-0.2, -0.15) is 0 Å². The molecule has 1 heterocycles. The van der Waals surface area contributed by atoms with Gasteiger partial charge >= 0.3 is 5.97 Å². The first-order chi connectivity index (χ1) is 14.9. The topological polar surface area (TPSA) is 67.9 Å². The molecule has 0 fully saturated rings. The molecule has 8 heteroatoms. The Kier molecular flexibility index (Phi) is 8.23. The van der Waals surface area contributed by atoms with Crippen LogP contribution in [0.3, 0.4) is 0 Å². The summed E-state index contributed by atoms with van der Waals surface area (Å²) < 4.78 is 10.8. The minimum atomic E-state index is -0.965. The van der Waals surface area contributed by atoms with Crippen LogP contribution in [0.5, 0.6) is 5.75 Å². The average Bonchev–Trinajstić information content (AvgIpc) is 2.86. The fourth-order valence-electron chi connectivity index (χ4n) is 3.46. The number of benzene rings is 2. The number of halogens is 1. The normalized spacial score (nSPS) is 18.3. The molecule has 0 aliphatic carbocycles. The van der Waals surface area contributed by atoms with E-state index in [1.807, 2.05) is 36.4 Å².